The molecule has 0 unspecified atom stereocenters. The van der Waals surface area contributed by atoms with Crippen LogP contribution in [0.2, 0.25) is 0 Å². The van der Waals surface area contributed by atoms with Crippen molar-refractivity contribution in [3.05, 3.63) is 53.8 Å². The number of rotatable bonds is 9. The van der Waals surface area contributed by atoms with Gasteiger partial charge in [0.1, 0.15) is 28.7 Å². The van der Waals surface area contributed by atoms with Crippen LogP contribution in [0.4, 0.5) is 5.69 Å². The van der Waals surface area contributed by atoms with E-state index in [0.29, 0.717) is 47.1 Å². The third-order valence-corrected chi connectivity index (χ3v) is 4.53. The van der Waals surface area contributed by atoms with Crippen molar-refractivity contribution in [1.29, 1.82) is 5.41 Å². The molecule has 0 aromatic heterocycles. The fourth-order valence-electron chi connectivity index (χ4n) is 2.74. The van der Waals surface area contributed by atoms with Crippen molar-refractivity contribution < 1.29 is 24.1 Å². The Morgan fingerprint density at radius 1 is 1.25 bits per heavy atom. The number of phenolic OH excluding ortho intramolecular Hbond substituents is 1. The summed E-state index contributed by atoms with van der Waals surface area (Å²) in [7, 11) is 1.54. The minimum Gasteiger partial charge on any atom is -0.505 e. The lowest BCUT2D eigenvalue weighted by Gasteiger charge is -2.23. The summed E-state index contributed by atoms with van der Waals surface area (Å²) in [6.45, 7) is 11.6. The lowest BCUT2D eigenvalue weighted by atomic mass is 9.86. The second kappa shape index (κ2) is 10.7. The lowest BCUT2D eigenvalue weighted by Crippen LogP contribution is -2.15. The molecule has 1 aromatic rings. The number of hydrogen-bond donors (Lipinski definition) is 3. The summed E-state index contributed by atoms with van der Waals surface area (Å²) >= 11 is 0. The highest BCUT2D eigenvalue weighted by atomic mass is 16.5. The number of aromatic hydroxyl groups is 1. The molecule has 32 heavy (non-hydrogen) atoms. The van der Waals surface area contributed by atoms with E-state index in [2.05, 4.69) is 17.1 Å². The number of anilines is 1. The van der Waals surface area contributed by atoms with Crippen molar-refractivity contribution in [1.82, 2.24) is 0 Å². The van der Waals surface area contributed by atoms with Crippen LogP contribution in [0.1, 0.15) is 39.7 Å². The maximum absolute atomic E-state index is 11.4. The van der Waals surface area contributed by atoms with E-state index in [1.165, 1.54) is 7.11 Å². The Balaban J connectivity index is 2.18. The molecule has 172 valence electrons. The highest BCUT2D eigenvalue weighted by Gasteiger charge is 2.22. The van der Waals surface area contributed by atoms with Crippen LogP contribution in [0, 0.1) is 5.41 Å². The summed E-state index contributed by atoms with van der Waals surface area (Å²) in [6, 6.07) is 3.42. The van der Waals surface area contributed by atoms with Gasteiger partial charge in [0.15, 0.2) is 0 Å². The Labute approximate surface area is 188 Å². The van der Waals surface area contributed by atoms with E-state index < -0.39 is 5.97 Å². The van der Waals surface area contributed by atoms with Crippen LogP contribution in [0.25, 0.3) is 0 Å². The highest BCUT2D eigenvalue weighted by Crippen LogP contribution is 2.39. The van der Waals surface area contributed by atoms with E-state index in [9.17, 15) is 9.90 Å². The predicted octanol–water partition coefficient (Wildman–Crippen LogP) is 4.47. The smallest absolute Gasteiger partial charge is 0.333 e. The third-order valence-electron chi connectivity index (χ3n) is 4.53. The van der Waals surface area contributed by atoms with Crippen LogP contribution in [-0.2, 0) is 19.7 Å². The SMILES string of the molecule is C=C(C)C(=O)OCCCOc1cc(N/N=C2/C=C(OC)C=CC2=N)c(O)c(C(C)(C)C)c1. The Morgan fingerprint density at radius 2 is 1.97 bits per heavy atom. The van der Waals surface area contributed by atoms with Gasteiger partial charge in [0.2, 0.25) is 0 Å². The molecule has 0 atom stereocenters. The average molecular weight is 442 g/mol. The molecule has 3 N–H and O–H groups in total. The summed E-state index contributed by atoms with van der Waals surface area (Å²) in [5.74, 6) is 0.737. The molecule has 1 aliphatic carbocycles. The van der Waals surface area contributed by atoms with E-state index in [1.54, 1.807) is 37.3 Å². The Kier molecular flexibility index (Phi) is 8.23. The zero-order valence-electron chi connectivity index (χ0n) is 19.2. The van der Waals surface area contributed by atoms with Crippen LogP contribution < -0.4 is 10.2 Å². The molecule has 1 aromatic carbocycles. The van der Waals surface area contributed by atoms with Crippen molar-refractivity contribution in [3.8, 4) is 11.5 Å². The first-order valence-corrected chi connectivity index (χ1v) is 10.2. The molecule has 2 rings (SSSR count). The van der Waals surface area contributed by atoms with Crippen molar-refractivity contribution in [3.63, 3.8) is 0 Å². The highest BCUT2D eigenvalue weighted by molar-refractivity contribution is 6.50. The van der Waals surface area contributed by atoms with Crippen LogP contribution in [0.15, 0.2) is 53.4 Å². The normalized spacial score (nSPS) is 14.7. The molecule has 0 amide bonds. The number of ether oxygens (including phenoxy) is 3. The molecule has 0 bridgehead atoms. The van der Waals surface area contributed by atoms with Crippen LogP contribution in [-0.4, -0.2) is 42.8 Å². The lowest BCUT2D eigenvalue weighted by molar-refractivity contribution is -0.139. The number of carbonyl (C=O) groups excluding carboxylic acids is 1. The van der Waals surface area contributed by atoms with Gasteiger partial charge in [0.25, 0.3) is 0 Å². The van der Waals surface area contributed by atoms with Gasteiger partial charge >= 0.3 is 5.97 Å². The number of benzene rings is 1. The van der Waals surface area contributed by atoms with Crippen molar-refractivity contribution in [2.24, 2.45) is 5.10 Å². The van der Waals surface area contributed by atoms with Gasteiger partial charge in [-0.25, -0.2) is 4.79 Å². The van der Waals surface area contributed by atoms with E-state index in [1.807, 2.05) is 20.8 Å². The molecule has 0 saturated carbocycles. The topological polar surface area (TPSA) is 113 Å². The molecule has 0 aliphatic heterocycles. The number of methoxy groups -OCH3 is 1. The van der Waals surface area contributed by atoms with Gasteiger partial charge in [-0.3, -0.25) is 10.8 Å². The minimum atomic E-state index is -0.427. The van der Waals surface area contributed by atoms with Crippen LogP contribution in [0.5, 0.6) is 11.5 Å². The van der Waals surface area contributed by atoms with E-state index >= 15 is 0 Å². The minimum absolute atomic E-state index is 0.0541. The third kappa shape index (κ3) is 6.73. The number of allylic oxidation sites excluding steroid dienone is 3. The molecule has 0 radical (unpaired) electrons. The molecule has 0 fully saturated rings. The number of nitrogens with zero attached hydrogens (tertiary/aromatic N) is 1. The van der Waals surface area contributed by atoms with Gasteiger partial charge in [-0.2, -0.15) is 5.10 Å². The van der Waals surface area contributed by atoms with Crippen molar-refractivity contribution in [2.45, 2.75) is 39.5 Å². The van der Waals surface area contributed by atoms with Gasteiger partial charge in [-0.15, -0.1) is 0 Å². The largest absolute Gasteiger partial charge is 0.505 e. The molecule has 8 heteroatoms. The predicted molar refractivity (Wildman–Crippen MR) is 126 cm³/mol. The first-order chi connectivity index (χ1) is 15.0. The Hall–Kier alpha value is -3.55. The summed E-state index contributed by atoms with van der Waals surface area (Å²) < 4.78 is 16.1. The Bertz CT molecular complexity index is 984. The summed E-state index contributed by atoms with van der Waals surface area (Å²) in [6.07, 6.45) is 5.40. The van der Waals surface area contributed by atoms with Gasteiger partial charge < -0.3 is 19.3 Å². The summed E-state index contributed by atoms with van der Waals surface area (Å²) in [5, 5.41) is 23.1. The second-order valence-corrected chi connectivity index (χ2v) is 8.34. The average Bonchev–Trinajstić information content (AvgIpc) is 2.73. The molecule has 0 saturated heterocycles. The molecule has 0 spiro atoms. The molecule has 8 nitrogen and oxygen atoms in total. The van der Waals surface area contributed by atoms with Crippen molar-refractivity contribution >= 4 is 23.1 Å². The standard InChI is InChI=1S/C24H31N3O5/c1-15(2)23(29)32-11-7-10-31-17-12-18(24(3,4)5)22(28)21(14-17)27-26-20-13-16(30-6)8-9-19(20)25/h8-9,12-14,25,27-28H,1,7,10-11H2,2-6H3/b25-19?,26-20-. The van der Waals surface area contributed by atoms with Gasteiger partial charge in [0, 0.05) is 29.7 Å². The van der Waals surface area contributed by atoms with Gasteiger partial charge in [0.05, 0.1) is 26.0 Å². The number of phenols is 1. The van der Waals surface area contributed by atoms with Crippen LogP contribution in [0.3, 0.4) is 0 Å². The first kappa shape index (κ1) is 24.7. The zero-order valence-corrected chi connectivity index (χ0v) is 19.2. The fourth-order valence-corrected chi connectivity index (χ4v) is 2.74. The van der Waals surface area contributed by atoms with E-state index in [-0.39, 0.29) is 23.5 Å². The quantitative estimate of drug-likeness (QED) is 0.130. The van der Waals surface area contributed by atoms with Gasteiger partial charge in [-0.1, -0.05) is 27.4 Å². The monoisotopic (exact) mass is 441 g/mol. The van der Waals surface area contributed by atoms with Crippen LogP contribution >= 0.6 is 0 Å². The molecular formula is C24H31N3O5. The number of carbonyl (C=O) groups is 1. The zero-order chi connectivity index (χ0) is 23.9. The maximum Gasteiger partial charge on any atom is 0.333 e. The first-order valence-electron chi connectivity index (χ1n) is 10.2. The second-order valence-electron chi connectivity index (χ2n) is 8.34. The maximum atomic E-state index is 11.4. The fraction of sp³-hybridized carbons (Fsp3) is 0.375. The number of esters is 1. The van der Waals surface area contributed by atoms with E-state index in [0.717, 1.165) is 0 Å². The number of hydrazone groups is 1. The number of hydrogen-bond acceptors (Lipinski definition) is 8. The summed E-state index contributed by atoms with van der Waals surface area (Å²) in [4.78, 5) is 11.4. The summed E-state index contributed by atoms with van der Waals surface area (Å²) in [5.41, 5.74) is 4.45. The van der Waals surface area contributed by atoms with Gasteiger partial charge in [-0.05, 0) is 30.6 Å². The molecule has 1 aliphatic rings. The number of nitrogens with one attached hydrogen (secondary N) is 2. The van der Waals surface area contributed by atoms with Crippen molar-refractivity contribution in [2.75, 3.05) is 25.7 Å². The molecular weight excluding hydrogens is 410 g/mol. The molecule has 0 heterocycles. The Morgan fingerprint density at radius 3 is 2.59 bits per heavy atom. The van der Waals surface area contributed by atoms with E-state index in [4.69, 9.17) is 19.6 Å².